The summed E-state index contributed by atoms with van der Waals surface area (Å²) in [4.78, 5) is 12.4. The molecule has 6 heteroatoms. The summed E-state index contributed by atoms with van der Waals surface area (Å²) in [6, 6.07) is 10.1. The van der Waals surface area contributed by atoms with Crippen molar-refractivity contribution in [3.63, 3.8) is 0 Å². The molecule has 4 rings (SSSR count). The number of benzene rings is 2. The van der Waals surface area contributed by atoms with E-state index in [2.05, 4.69) is 5.32 Å². The smallest absolute Gasteiger partial charge is 0.251 e. The molecule has 1 aliphatic heterocycles. The zero-order chi connectivity index (χ0) is 16.0. The second-order valence-corrected chi connectivity index (χ2v) is 6.08. The molecule has 0 saturated heterocycles. The molecule has 0 spiro atoms. The molecule has 2 unspecified atom stereocenters. The summed E-state index contributed by atoms with van der Waals surface area (Å²) in [7, 11) is 0. The van der Waals surface area contributed by atoms with Crippen LogP contribution in [0.3, 0.4) is 0 Å². The normalized spacial score (nSPS) is 21.1. The van der Waals surface area contributed by atoms with Gasteiger partial charge in [0.15, 0.2) is 11.5 Å². The van der Waals surface area contributed by atoms with Gasteiger partial charge in [-0.15, -0.1) is 0 Å². The minimum Gasteiger partial charge on any atom is -0.454 e. The highest BCUT2D eigenvalue weighted by molar-refractivity contribution is 6.30. The predicted octanol–water partition coefficient (Wildman–Crippen LogP) is 2.46. The maximum Gasteiger partial charge on any atom is 0.251 e. The Hall–Kier alpha value is -2.24. The number of rotatable bonds is 2. The van der Waals surface area contributed by atoms with Crippen LogP contribution in [0.15, 0.2) is 36.4 Å². The first-order valence-corrected chi connectivity index (χ1v) is 7.66. The number of fused-ring (bicyclic) bond motifs is 2. The summed E-state index contributed by atoms with van der Waals surface area (Å²) in [5, 5.41) is 13.8. The summed E-state index contributed by atoms with van der Waals surface area (Å²) in [6.07, 6.45) is -0.189. The van der Waals surface area contributed by atoms with Crippen molar-refractivity contribution in [1.82, 2.24) is 5.32 Å². The van der Waals surface area contributed by atoms with E-state index in [-0.39, 0.29) is 18.7 Å². The number of aliphatic hydroxyl groups excluding tert-OH is 1. The van der Waals surface area contributed by atoms with E-state index < -0.39 is 6.10 Å². The van der Waals surface area contributed by atoms with Crippen LogP contribution in [0.4, 0.5) is 0 Å². The third-order valence-corrected chi connectivity index (χ3v) is 4.43. The lowest BCUT2D eigenvalue weighted by Crippen LogP contribution is -2.37. The molecule has 2 N–H and O–H groups in total. The topological polar surface area (TPSA) is 67.8 Å². The van der Waals surface area contributed by atoms with E-state index in [0.29, 0.717) is 28.5 Å². The Morgan fingerprint density at radius 3 is 2.87 bits per heavy atom. The van der Waals surface area contributed by atoms with Gasteiger partial charge >= 0.3 is 0 Å². The molecule has 2 aliphatic rings. The molecular weight excluding hydrogens is 318 g/mol. The Morgan fingerprint density at radius 1 is 1.17 bits per heavy atom. The van der Waals surface area contributed by atoms with E-state index in [0.717, 1.165) is 11.1 Å². The second-order valence-electron chi connectivity index (χ2n) is 5.64. The van der Waals surface area contributed by atoms with Crippen molar-refractivity contribution in [2.45, 2.75) is 18.6 Å². The SMILES string of the molecule is O=C(NC1Cc2ccc(Cl)cc2C1O)c1ccc2c(c1)OCO2. The van der Waals surface area contributed by atoms with Crippen LogP contribution >= 0.6 is 11.6 Å². The molecule has 2 aromatic rings. The number of hydrogen-bond acceptors (Lipinski definition) is 4. The number of carbonyl (C=O) groups excluding carboxylic acids is 1. The van der Waals surface area contributed by atoms with Gasteiger partial charge in [0.1, 0.15) is 0 Å². The first-order valence-electron chi connectivity index (χ1n) is 7.29. The molecule has 1 amide bonds. The fourth-order valence-corrected chi connectivity index (χ4v) is 3.19. The van der Waals surface area contributed by atoms with E-state index in [9.17, 15) is 9.90 Å². The van der Waals surface area contributed by atoms with Crippen LogP contribution in [0.1, 0.15) is 27.6 Å². The number of hydrogen-bond donors (Lipinski definition) is 2. The number of amides is 1. The number of ether oxygens (including phenoxy) is 2. The Morgan fingerprint density at radius 2 is 2.00 bits per heavy atom. The standard InChI is InChI=1S/C17H14ClNO4/c18-11-3-1-9-5-13(16(20)12(9)7-11)19-17(21)10-2-4-14-15(6-10)23-8-22-14/h1-4,6-7,13,16,20H,5,8H2,(H,19,21). The summed E-state index contributed by atoms with van der Waals surface area (Å²) >= 11 is 5.97. The molecule has 0 saturated carbocycles. The van der Waals surface area contributed by atoms with Crippen LogP contribution in [0.5, 0.6) is 11.5 Å². The van der Waals surface area contributed by atoms with E-state index >= 15 is 0 Å². The van der Waals surface area contributed by atoms with Crippen LogP contribution in [0.2, 0.25) is 5.02 Å². The van der Waals surface area contributed by atoms with Crippen LogP contribution in [-0.2, 0) is 6.42 Å². The number of aliphatic hydroxyl groups is 1. The lowest BCUT2D eigenvalue weighted by molar-refractivity contribution is 0.0858. The highest BCUT2D eigenvalue weighted by atomic mass is 35.5. The number of carbonyl (C=O) groups is 1. The quantitative estimate of drug-likeness (QED) is 0.887. The van der Waals surface area contributed by atoms with Gasteiger partial charge in [0.2, 0.25) is 6.79 Å². The van der Waals surface area contributed by atoms with Crippen molar-refractivity contribution in [2.24, 2.45) is 0 Å². The van der Waals surface area contributed by atoms with Gasteiger partial charge in [0.05, 0.1) is 12.1 Å². The molecule has 5 nitrogen and oxygen atoms in total. The molecule has 0 aromatic heterocycles. The van der Waals surface area contributed by atoms with Crippen LogP contribution in [0.25, 0.3) is 0 Å². The average molecular weight is 332 g/mol. The fraction of sp³-hybridized carbons (Fsp3) is 0.235. The lowest BCUT2D eigenvalue weighted by Gasteiger charge is -2.17. The molecule has 23 heavy (non-hydrogen) atoms. The molecule has 0 bridgehead atoms. The Labute approximate surface area is 137 Å². The molecule has 0 radical (unpaired) electrons. The van der Waals surface area contributed by atoms with Gasteiger partial charge in [-0.1, -0.05) is 17.7 Å². The maximum absolute atomic E-state index is 12.4. The van der Waals surface area contributed by atoms with Crippen LogP contribution in [-0.4, -0.2) is 23.8 Å². The van der Waals surface area contributed by atoms with E-state index in [4.69, 9.17) is 21.1 Å². The van der Waals surface area contributed by atoms with Gasteiger partial charge in [-0.3, -0.25) is 4.79 Å². The number of halogens is 1. The first-order chi connectivity index (χ1) is 11.1. The van der Waals surface area contributed by atoms with Crippen molar-refractivity contribution in [2.75, 3.05) is 6.79 Å². The Bertz CT molecular complexity index is 792. The maximum atomic E-state index is 12.4. The van der Waals surface area contributed by atoms with Crippen molar-refractivity contribution in [1.29, 1.82) is 0 Å². The average Bonchev–Trinajstić information content (AvgIpc) is 3.12. The fourth-order valence-electron chi connectivity index (χ4n) is 3.01. The minimum absolute atomic E-state index is 0.164. The van der Waals surface area contributed by atoms with Crippen molar-refractivity contribution < 1.29 is 19.4 Å². The first kappa shape index (κ1) is 14.4. The molecular formula is C17H14ClNO4. The van der Waals surface area contributed by atoms with Gasteiger partial charge in [0.25, 0.3) is 5.91 Å². The predicted molar refractivity (Wildman–Crippen MR) is 83.9 cm³/mol. The summed E-state index contributed by atoms with van der Waals surface area (Å²) in [5.41, 5.74) is 2.24. The molecule has 2 aromatic carbocycles. The summed E-state index contributed by atoms with van der Waals surface area (Å²) in [5.74, 6) is 0.926. The highest BCUT2D eigenvalue weighted by Gasteiger charge is 2.32. The van der Waals surface area contributed by atoms with Gasteiger partial charge in [0, 0.05) is 10.6 Å². The molecule has 1 heterocycles. The zero-order valence-corrected chi connectivity index (χ0v) is 12.8. The van der Waals surface area contributed by atoms with Crippen molar-refractivity contribution in [3.05, 3.63) is 58.1 Å². The van der Waals surface area contributed by atoms with Gasteiger partial charge in [-0.25, -0.2) is 0 Å². The van der Waals surface area contributed by atoms with Gasteiger partial charge < -0.3 is 19.9 Å². The molecule has 1 aliphatic carbocycles. The van der Waals surface area contributed by atoms with Gasteiger partial charge in [-0.2, -0.15) is 0 Å². The summed E-state index contributed by atoms with van der Waals surface area (Å²) < 4.78 is 10.5. The van der Waals surface area contributed by atoms with Crippen molar-refractivity contribution >= 4 is 17.5 Å². The third kappa shape index (κ3) is 2.52. The number of nitrogens with one attached hydrogen (secondary N) is 1. The van der Waals surface area contributed by atoms with Crippen LogP contribution in [0, 0.1) is 0 Å². The van der Waals surface area contributed by atoms with E-state index in [1.807, 2.05) is 6.07 Å². The van der Waals surface area contributed by atoms with Crippen LogP contribution < -0.4 is 14.8 Å². The van der Waals surface area contributed by atoms with Gasteiger partial charge in [-0.05, 0) is 47.9 Å². The third-order valence-electron chi connectivity index (χ3n) is 4.20. The molecule has 2 atom stereocenters. The minimum atomic E-state index is -0.762. The summed E-state index contributed by atoms with van der Waals surface area (Å²) in [6.45, 7) is 0.164. The van der Waals surface area contributed by atoms with E-state index in [1.165, 1.54) is 0 Å². The lowest BCUT2D eigenvalue weighted by atomic mass is 10.1. The Kier molecular flexibility index (Phi) is 3.39. The van der Waals surface area contributed by atoms with Crippen molar-refractivity contribution in [3.8, 4) is 11.5 Å². The molecule has 118 valence electrons. The zero-order valence-electron chi connectivity index (χ0n) is 12.1. The van der Waals surface area contributed by atoms with E-state index in [1.54, 1.807) is 30.3 Å². The highest BCUT2D eigenvalue weighted by Crippen LogP contribution is 2.35. The Balaban J connectivity index is 1.52. The largest absolute Gasteiger partial charge is 0.454 e. The monoisotopic (exact) mass is 331 g/mol. The second kappa shape index (κ2) is 5.44. The molecule has 0 fully saturated rings.